The molecule has 1 atom stereocenters. The molecule has 0 aliphatic rings. The average molecular weight is 239 g/mol. The Morgan fingerprint density at radius 3 is 2.69 bits per heavy atom. The van der Waals surface area contributed by atoms with Crippen molar-refractivity contribution >= 4 is 23.3 Å². The zero-order valence-electron chi connectivity index (χ0n) is 8.94. The molecule has 4 nitrogen and oxygen atoms in total. The van der Waals surface area contributed by atoms with Crippen molar-refractivity contribution in [1.82, 2.24) is 0 Å². The van der Waals surface area contributed by atoms with E-state index in [1.54, 1.807) is 31.0 Å². The van der Waals surface area contributed by atoms with Crippen molar-refractivity contribution in [1.29, 1.82) is 5.26 Å². The van der Waals surface area contributed by atoms with Gasteiger partial charge in [0.05, 0.1) is 22.3 Å². The highest BCUT2D eigenvalue weighted by Crippen LogP contribution is 2.27. The second-order valence-electron chi connectivity index (χ2n) is 3.40. The summed E-state index contributed by atoms with van der Waals surface area (Å²) in [6, 6.07) is 6.05. The Balaban J connectivity index is 3.06. The summed E-state index contributed by atoms with van der Waals surface area (Å²) < 4.78 is 0. The van der Waals surface area contributed by atoms with Gasteiger partial charge in [0.25, 0.3) is 0 Å². The molecule has 1 rings (SSSR count). The minimum absolute atomic E-state index is 0.370. The molecule has 1 aromatic carbocycles. The van der Waals surface area contributed by atoms with Crippen LogP contribution in [0.4, 0.5) is 5.69 Å². The highest BCUT2D eigenvalue weighted by Gasteiger charge is 2.19. The van der Waals surface area contributed by atoms with Crippen molar-refractivity contribution in [3.8, 4) is 6.07 Å². The third-order valence-electron chi connectivity index (χ3n) is 2.40. The molecule has 0 aliphatic carbocycles. The van der Waals surface area contributed by atoms with Crippen LogP contribution >= 0.6 is 11.6 Å². The van der Waals surface area contributed by atoms with Gasteiger partial charge in [-0.05, 0) is 25.1 Å². The van der Waals surface area contributed by atoms with E-state index in [-0.39, 0.29) is 0 Å². The molecule has 0 bridgehead atoms. The lowest BCUT2D eigenvalue weighted by atomic mass is 10.2. The molecule has 0 saturated heterocycles. The number of carbonyl (C=O) groups is 1. The quantitative estimate of drug-likeness (QED) is 0.876. The topological polar surface area (TPSA) is 64.3 Å². The van der Waals surface area contributed by atoms with Crippen LogP contribution < -0.4 is 4.90 Å². The Labute approximate surface area is 98.7 Å². The molecule has 0 fully saturated rings. The number of hydrogen-bond acceptors (Lipinski definition) is 3. The lowest BCUT2D eigenvalue weighted by Crippen LogP contribution is -2.35. The summed E-state index contributed by atoms with van der Waals surface area (Å²) in [5.74, 6) is -0.928. The Kier molecular flexibility index (Phi) is 3.75. The van der Waals surface area contributed by atoms with Crippen molar-refractivity contribution < 1.29 is 9.90 Å². The van der Waals surface area contributed by atoms with Gasteiger partial charge >= 0.3 is 5.97 Å². The normalized spacial score (nSPS) is 11.6. The molecule has 1 unspecified atom stereocenters. The van der Waals surface area contributed by atoms with E-state index in [0.29, 0.717) is 16.3 Å². The average Bonchev–Trinajstić information content (AvgIpc) is 2.26. The molecule has 0 amide bonds. The van der Waals surface area contributed by atoms with E-state index >= 15 is 0 Å². The minimum Gasteiger partial charge on any atom is -0.480 e. The summed E-state index contributed by atoms with van der Waals surface area (Å²) in [5, 5.41) is 17.9. The fourth-order valence-electron chi connectivity index (χ4n) is 1.24. The number of hydrogen-bond donors (Lipinski definition) is 1. The van der Waals surface area contributed by atoms with Gasteiger partial charge in [0.15, 0.2) is 0 Å². The first-order chi connectivity index (χ1) is 7.47. The van der Waals surface area contributed by atoms with Gasteiger partial charge in [-0.1, -0.05) is 11.6 Å². The molecule has 1 aromatic rings. The van der Waals surface area contributed by atoms with Gasteiger partial charge < -0.3 is 10.0 Å². The van der Waals surface area contributed by atoms with E-state index in [9.17, 15) is 4.79 Å². The Morgan fingerprint density at radius 2 is 2.25 bits per heavy atom. The van der Waals surface area contributed by atoms with Gasteiger partial charge in [-0.3, -0.25) is 0 Å². The molecule has 0 aromatic heterocycles. The van der Waals surface area contributed by atoms with Crippen molar-refractivity contribution in [3.63, 3.8) is 0 Å². The van der Waals surface area contributed by atoms with Gasteiger partial charge in [-0.2, -0.15) is 5.26 Å². The molecule has 0 radical (unpaired) electrons. The van der Waals surface area contributed by atoms with Gasteiger partial charge in [-0.25, -0.2) is 4.79 Å². The Bertz CT molecular complexity index is 454. The molecule has 16 heavy (non-hydrogen) atoms. The number of aliphatic carboxylic acids is 1. The maximum Gasteiger partial charge on any atom is 0.326 e. The largest absolute Gasteiger partial charge is 0.480 e. The van der Waals surface area contributed by atoms with Crippen LogP contribution in [0.3, 0.4) is 0 Å². The van der Waals surface area contributed by atoms with Crippen molar-refractivity contribution in [2.45, 2.75) is 13.0 Å². The van der Waals surface area contributed by atoms with Crippen LogP contribution in [0.5, 0.6) is 0 Å². The maximum absolute atomic E-state index is 10.8. The first-order valence-corrected chi connectivity index (χ1v) is 5.00. The zero-order chi connectivity index (χ0) is 12.3. The van der Waals surface area contributed by atoms with Crippen molar-refractivity contribution in [3.05, 3.63) is 28.8 Å². The first kappa shape index (κ1) is 12.3. The Hall–Kier alpha value is -1.73. The van der Waals surface area contributed by atoms with E-state index in [4.69, 9.17) is 22.0 Å². The second-order valence-corrected chi connectivity index (χ2v) is 3.81. The number of anilines is 1. The molecule has 84 valence electrons. The number of benzene rings is 1. The number of carboxylic acid groups (broad SMARTS) is 1. The zero-order valence-corrected chi connectivity index (χ0v) is 9.69. The monoisotopic (exact) mass is 238 g/mol. The molecule has 0 spiro atoms. The summed E-state index contributed by atoms with van der Waals surface area (Å²) >= 11 is 5.97. The maximum atomic E-state index is 10.8. The number of rotatable bonds is 3. The number of likely N-dealkylation sites (N-methyl/N-ethyl adjacent to an activating group) is 1. The van der Waals surface area contributed by atoms with E-state index < -0.39 is 12.0 Å². The van der Waals surface area contributed by atoms with Crippen LogP contribution in [-0.2, 0) is 4.79 Å². The van der Waals surface area contributed by atoms with E-state index in [0.717, 1.165) is 0 Å². The second kappa shape index (κ2) is 4.86. The lowest BCUT2D eigenvalue weighted by Gasteiger charge is -2.24. The molecular formula is C11H11ClN2O2. The third kappa shape index (κ3) is 2.44. The predicted molar refractivity (Wildman–Crippen MR) is 61.7 cm³/mol. The van der Waals surface area contributed by atoms with Crippen LogP contribution in [0.25, 0.3) is 0 Å². The van der Waals surface area contributed by atoms with Gasteiger partial charge in [0.1, 0.15) is 6.04 Å². The number of nitriles is 1. The van der Waals surface area contributed by atoms with Crippen LogP contribution in [0.15, 0.2) is 18.2 Å². The van der Waals surface area contributed by atoms with Gasteiger partial charge in [0, 0.05) is 7.05 Å². The molecular weight excluding hydrogens is 228 g/mol. The standard InChI is InChI=1S/C11H11ClN2O2/c1-7(11(15)16)14(2)10-4-3-8(6-13)5-9(10)12/h3-5,7H,1-2H3,(H,15,16). The van der Waals surface area contributed by atoms with Crippen molar-refractivity contribution in [2.24, 2.45) is 0 Å². The third-order valence-corrected chi connectivity index (χ3v) is 2.70. The highest BCUT2D eigenvalue weighted by molar-refractivity contribution is 6.33. The summed E-state index contributed by atoms with van der Waals surface area (Å²) in [5.41, 5.74) is 1.04. The lowest BCUT2D eigenvalue weighted by molar-refractivity contribution is -0.138. The first-order valence-electron chi connectivity index (χ1n) is 4.62. The Morgan fingerprint density at radius 1 is 1.62 bits per heavy atom. The van der Waals surface area contributed by atoms with Crippen LogP contribution in [0.1, 0.15) is 12.5 Å². The molecule has 5 heteroatoms. The number of carboxylic acids is 1. The van der Waals surface area contributed by atoms with Gasteiger partial charge in [0.2, 0.25) is 0 Å². The molecule has 1 N–H and O–H groups in total. The molecule has 0 saturated carbocycles. The highest BCUT2D eigenvalue weighted by atomic mass is 35.5. The number of nitrogens with zero attached hydrogens (tertiary/aromatic N) is 2. The minimum atomic E-state index is -0.928. The SMILES string of the molecule is CC(C(=O)O)N(C)c1ccc(C#N)cc1Cl. The van der Waals surface area contributed by atoms with E-state index in [2.05, 4.69) is 0 Å². The summed E-state index contributed by atoms with van der Waals surface area (Å²) in [6.07, 6.45) is 0. The fraction of sp³-hybridized carbons (Fsp3) is 0.273. The number of halogens is 1. The molecule has 0 aliphatic heterocycles. The van der Waals surface area contributed by atoms with E-state index in [1.807, 2.05) is 6.07 Å². The smallest absolute Gasteiger partial charge is 0.326 e. The predicted octanol–water partition coefficient (Wildman–Crippen LogP) is 2.12. The van der Waals surface area contributed by atoms with Gasteiger partial charge in [-0.15, -0.1) is 0 Å². The van der Waals surface area contributed by atoms with Crippen molar-refractivity contribution in [2.75, 3.05) is 11.9 Å². The van der Waals surface area contributed by atoms with Crippen LogP contribution in [-0.4, -0.2) is 24.2 Å². The van der Waals surface area contributed by atoms with Crippen LogP contribution in [0, 0.1) is 11.3 Å². The van der Waals surface area contributed by atoms with E-state index in [1.165, 1.54) is 6.07 Å². The molecule has 0 heterocycles. The summed E-state index contributed by atoms with van der Waals surface area (Å²) in [7, 11) is 1.64. The fourth-order valence-corrected chi connectivity index (χ4v) is 1.55. The summed E-state index contributed by atoms with van der Waals surface area (Å²) in [4.78, 5) is 12.4. The van der Waals surface area contributed by atoms with Crippen LogP contribution in [0.2, 0.25) is 5.02 Å². The summed E-state index contributed by atoms with van der Waals surface area (Å²) in [6.45, 7) is 1.57.